The van der Waals surface area contributed by atoms with Crippen LogP contribution in [0.4, 0.5) is 0 Å². The third kappa shape index (κ3) is 4.87. The second-order valence-electron chi connectivity index (χ2n) is 4.07. The summed E-state index contributed by atoms with van der Waals surface area (Å²) < 4.78 is 0. The van der Waals surface area contributed by atoms with Gasteiger partial charge in [-0.15, -0.1) is 0 Å². The van der Waals surface area contributed by atoms with E-state index in [9.17, 15) is 0 Å². The molecule has 0 fully saturated rings. The molecule has 0 aliphatic rings. The van der Waals surface area contributed by atoms with Gasteiger partial charge >= 0.3 is 0 Å². The van der Waals surface area contributed by atoms with Gasteiger partial charge in [0.2, 0.25) is 0 Å². The van der Waals surface area contributed by atoms with Crippen LogP contribution in [0, 0.1) is 0 Å². The molecule has 1 aromatic rings. The summed E-state index contributed by atoms with van der Waals surface area (Å²) in [6.45, 7) is 1.78. The van der Waals surface area contributed by atoms with Gasteiger partial charge in [0.1, 0.15) is 0 Å². The topological polar surface area (TPSA) is 29.3 Å². The zero-order valence-corrected chi connectivity index (χ0v) is 11.8. The molecule has 0 saturated carbocycles. The Morgan fingerprint density at radius 1 is 1.56 bits per heavy atom. The van der Waals surface area contributed by atoms with Crippen LogP contribution in [-0.2, 0) is 6.54 Å². The molecule has 1 atom stereocenters. The van der Waals surface area contributed by atoms with Crippen molar-refractivity contribution >= 4 is 23.1 Å². The largest absolute Gasteiger partial charge is 0.329 e. The van der Waals surface area contributed by atoms with Gasteiger partial charge in [0.15, 0.2) is 0 Å². The fourth-order valence-corrected chi connectivity index (χ4v) is 2.90. The molecule has 2 N–H and O–H groups in total. The van der Waals surface area contributed by atoms with Crippen LogP contribution in [0.15, 0.2) is 16.8 Å². The van der Waals surface area contributed by atoms with Gasteiger partial charge in [-0.1, -0.05) is 0 Å². The molecule has 0 aliphatic carbocycles. The quantitative estimate of drug-likeness (QED) is 0.727. The van der Waals surface area contributed by atoms with Crippen molar-refractivity contribution in [3.05, 3.63) is 22.4 Å². The molecular weight excluding hydrogens is 236 g/mol. The van der Waals surface area contributed by atoms with Gasteiger partial charge in [-0.2, -0.15) is 23.1 Å². The third-order valence-corrected chi connectivity index (χ3v) is 4.22. The minimum atomic E-state index is 0.520. The lowest BCUT2D eigenvalue weighted by molar-refractivity contribution is 0.226. The Kier molecular flexibility index (Phi) is 7.12. The molecule has 1 aromatic heterocycles. The predicted octanol–water partition coefficient (Wildman–Crippen LogP) is 2.65. The summed E-state index contributed by atoms with van der Waals surface area (Å²) in [7, 11) is 2.17. The summed E-state index contributed by atoms with van der Waals surface area (Å²) in [6, 6.07) is 2.71. The van der Waals surface area contributed by atoms with Crippen LogP contribution >= 0.6 is 23.1 Å². The van der Waals surface area contributed by atoms with Gasteiger partial charge in [0.25, 0.3) is 0 Å². The highest BCUT2D eigenvalue weighted by molar-refractivity contribution is 7.98. The van der Waals surface area contributed by atoms with Crippen LogP contribution in [0.3, 0.4) is 0 Å². The highest BCUT2D eigenvalue weighted by Gasteiger charge is 2.12. The first-order chi connectivity index (χ1) is 7.77. The summed E-state index contributed by atoms with van der Waals surface area (Å²) in [5.41, 5.74) is 7.24. The summed E-state index contributed by atoms with van der Waals surface area (Å²) in [4.78, 5) is 2.38. The molecule has 1 heterocycles. The Morgan fingerprint density at radius 2 is 2.38 bits per heavy atom. The third-order valence-electron chi connectivity index (χ3n) is 2.79. The number of nitrogens with zero attached hydrogens (tertiary/aromatic N) is 1. The van der Waals surface area contributed by atoms with E-state index in [1.807, 2.05) is 11.8 Å². The Labute approximate surface area is 107 Å². The zero-order valence-electron chi connectivity index (χ0n) is 10.2. The maximum Gasteiger partial charge on any atom is 0.0242 e. The summed E-state index contributed by atoms with van der Waals surface area (Å²) >= 11 is 3.67. The molecule has 0 bridgehead atoms. The highest BCUT2D eigenvalue weighted by atomic mass is 32.2. The Hall–Kier alpha value is -0.0300. The first-order valence-corrected chi connectivity index (χ1v) is 8.02. The smallest absolute Gasteiger partial charge is 0.0242 e. The van der Waals surface area contributed by atoms with E-state index < -0.39 is 0 Å². The number of hydrogen-bond donors (Lipinski definition) is 1. The first-order valence-electron chi connectivity index (χ1n) is 5.68. The molecule has 0 aromatic carbocycles. The van der Waals surface area contributed by atoms with Crippen molar-refractivity contribution in [1.29, 1.82) is 0 Å². The second kappa shape index (κ2) is 8.12. The Bertz CT molecular complexity index is 262. The van der Waals surface area contributed by atoms with Crippen LogP contribution < -0.4 is 5.73 Å². The molecular formula is C12H22N2S2. The molecule has 0 amide bonds. The summed E-state index contributed by atoms with van der Waals surface area (Å²) in [5.74, 6) is 1.24. The van der Waals surface area contributed by atoms with E-state index in [4.69, 9.17) is 5.73 Å². The number of thiophene rings is 1. The monoisotopic (exact) mass is 258 g/mol. The molecule has 0 aliphatic heterocycles. The van der Waals surface area contributed by atoms with Crippen molar-refractivity contribution < 1.29 is 0 Å². The average molecular weight is 258 g/mol. The SMILES string of the molecule is CSCCCC(CN)N(C)Cc1ccsc1. The van der Waals surface area contributed by atoms with Crippen molar-refractivity contribution in [1.82, 2.24) is 4.90 Å². The zero-order chi connectivity index (χ0) is 11.8. The van der Waals surface area contributed by atoms with E-state index in [1.54, 1.807) is 11.3 Å². The molecule has 2 nitrogen and oxygen atoms in total. The van der Waals surface area contributed by atoms with E-state index in [2.05, 4.69) is 35.0 Å². The van der Waals surface area contributed by atoms with E-state index in [1.165, 1.54) is 24.2 Å². The Morgan fingerprint density at radius 3 is 2.94 bits per heavy atom. The van der Waals surface area contributed by atoms with E-state index >= 15 is 0 Å². The average Bonchev–Trinajstić information content (AvgIpc) is 2.77. The molecule has 0 radical (unpaired) electrons. The predicted molar refractivity (Wildman–Crippen MR) is 76.2 cm³/mol. The van der Waals surface area contributed by atoms with Crippen LogP contribution in [0.5, 0.6) is 0 Å². The van der Waals surface area contributed by atoms with Crippen molar-refractivity contribution in [2.24, 2.45) is 5.73 Å². The van der Waals surface area contributed by atoms with Gasteiger partial charge in [0, 0.05) is 19.1 Å². The van der Waals surface area contributed by atoms with Crippen molar-refractivity contribution in [2.45, 2.75) is 25.4 Å². The van der Waals surface area contributed by atoms with E-state index in [0.29, 0.717) is 6.04 Å². The number of thioether (sulfide) groups is 1. The standard InChI is InChI=1S/C12H22N2S2/c1-14(9-11-5-7-16-10-11)12(8-13)4-3-6-15-2/h5,7,10,12H,3-4,6,8-9,13H2,1-2H3. The number of nitrogens with two attached hydrogens (primary N) is 1. The van der Waals surface area contributed by atoms with Gasteiger partial charge in [-0.25, -0.2) is 0 Å². The minimum absolute atomic E-state index is 0.520. The summed E-state index contributed by atoms with van der Waals surface area (Å²) in [6.07, 6.45) is 4.63. The maximum atomic E-state index is 5.84. The van der Waals surface area contributed by atoms with E-state index in [0.717, 1.165) is 13.1 Å². The number of likely N-dealkylation sites (N-methyl/N-ethyl adjacent to an activating group) is 1. The molecule has 4 heteroatoms. The highest BCUT2D eigenvalue weighted by Crippen LogP contribution is 2.13. The van der Waals surface area contributed by atoms with Gasteiger partial charge in [0.05, 0.1) is 0 Å². The van der Waals surface area contributed by atoms with Crippen LogP contribution in [0.2, 0.25) is 0 Å². The fraction of sp³-hybridized carbons (Fsp3) is 0.667. The molecule has 1 rings (SSSR count). The molecule has 16 heavy (non-hydrogen) atoms. The first kappa shape index (κ1) is 14.0. The van der Waals surface area contributed by atoms with Crippen LogP contribution in [-0.4, -0.2) is 36.5 Å². The molecule has 0 saturated heterocycles. The summed E-state index contributed by atoms with van der Waals surface area (Å²) in [5, 5.41) is 4.35. The fourth-order valence-electron chi connectivity index (χ4n) is 1.78. The molecule has 92 valence electrons. The van der Waals surface area contributed by atoms with Gasteiger partial charge in [-0.05, 0) is 54.3 Å². The maximum absolute atomic E-state index is 5.84. The minimum Gasteiger partial charge on any atom is -0.329 e. The lowest BCUT2D eigenvalue weighted by Gasteiger charge is -2.26. The lowest BCUT2D eigenvalue weighted by atomic mass is 10.1. The van der Waals surface area contributed by atoms with Gasteiger partial charge < -0.3 is 5.73 Å². The van der Waals surface area contributed by atoms with Crippen molar-refractivity contribution in [3.8, 4) is 0 Å². The number of hydrogen-bond acceptors (Lipinski definition) is 4. The number of rotatable bonds is 8. The lowest BCUT2D eigenvalue weighted by Crippen LogP contribution is -2.37. The molecule has 0 spiro atoms. The molecule has 1 unspecified atom stereocenters. The van der Waals surface area contributed by atoms with Crippen LogP contribution in [0.1, 0.15) is 18.4 Å². The van der Waals surface area contributed by atoms with Crippen molar-refractivity contribution in [2.75, 3.05) is 25.6 Å². The van der Waals surface area contributed by atoms with Gasteiger partial charge in [-0.3, -0.25) is 4.90 Å². The second-order valence-corrected chi connectivity index (χ2v) is 5.84. The normalized spacial score (nSPS) is 13.2. The Balaban J connectivity index is 2.33. The van der Waals surface area contributed by atoms with Crippen LogP contribution in [0.25, 0.3) is 0 Å². The van der Waals surface area contributed by atoms with Crippen molar-refractivity contribution in [3.63, 3.8) is 0 Å². The van der Waals surface area contributed by atoms with E-state index in [-0.39, 0.29) is 0 Å².